The summed E-state index contributed by atoms with van der Waals surface area (Å²) in [6, 6.07) is 24.5. The molecule has 0 amide bonds. The first-order valence-electron chi connectivity index (χ1n) is 12.8. The molecule has 5 nitrogen and oxygen atoms in total. The van der Waals surface area contributed by atoms with Gasteiger partial charge in [0, 0.05) is 6.54 Å². The van der Waals surface area contributed by atoms with E-state index in [-0.39, 0.29) is 28.9 Å². The number of benzene rings is 2. The molecule has 0 radical (unpaired) electrons. The third-order valence-corrected chi connectivity index (χ3v) is 5.68. The van der Waals surface area contributed by atoms with Gasteiger partial charge in [-0.15, -0.1) is 0 Å². The molecule has 0 saturated carbocycles. The van der Waals surface area contributed by atoms with Crippen molar-refractivity contribution < 1.29 is 36.4 Å². The summed E-state index contributed by atoms with van der Waals surface area (Å²) in [5.41, 5.74) is 1.84. The average molecular weight is 568 g/mol. The fourth-order valence-electron chi connectivity index (χ4n) is 3.80. The van der Waals surface area contributed by atoms with Crippen molar-refractivity contribution in [2.24, 2.45) is 0 Å². The standard InChI is InChI=1S/C28H33NO4.C5H5.Fe/c1-19(2)32-27(31)28(3,4)33-25-15-13-23(14-16-25)26(30)22-11-9-21(10-12-22)24-8-7-20(17-24)18-29(5)6;1-2-4-5-3-1;/h7-17,19,30H,18H2,1-6H3;1-5H;/q;-1;+2/p-1. The SMILES string of the molecule is CC(C)OC(=O)C(C)(C)Oc1ccc(C([O-])=c2ccc(=C3C=CC(CN(C)C)=C3)cc2)cc1.[Fe+2].c1cc[cH-]c1. The number of hydrogen-bond donors (Lipinski definition) is 0. The average Bonchev–Trinajstić information content (AvgIpc) is 3.59. The number of rotatable bonds is 7. The number of ether oxygens (including phenoxy) is 2. The first-order chi connectivity index (χ1) is 18.0. The molecular weight excluding hydrogens is 530 g/mol. The van der Waals surface area contributed by atoms with Crippen molar-refractivity contribution in [3.63, 3.8) is 0 Å². The molecule has 0 saturated heterocycles. The fraction of sp³-hybridized carbons (Fsp3) is 0.273. The predicted molar refractivity (Wildman–Crippen MR) is 152 cm³/mol. The zero-order valence-electron chi connectivity index (χ0n) is 23.5. The van der Waals surface area contributed by atoms with E-state index < -0.39 is 11.6 Å². The number of likely N-dealkylation sites (N-methyl/N-ethyl adjacent to an activating group) is 1. The van der Waals surface area contributed by atoms with Crippen molar-refractivity contribution >= 4 is 17.3 Å². The maximum atomic E-state index is 12.9. The van der Waals surface area contributed by atoms with Gasteiger partial charge in [0.15, 0.2) is 5.60 Å². The molecule has 0 unspecified atom stereocenters. The molecule has 0 N–H and O–H groups in total. The third-order valence-electron chi connectivity index (χ3n) is 5.68. The van der Waals surface area contributed by atoms with E-state index in [1.54, 1.807) is 52.0 Å². The van der Waals surface area contributed by atoms with Gasteiger partial charge in [-0.2, -0.15) is 18.2 Å². The van der Waals surface area contributed by atoms with Gasteiger partial charge in [-0.1, -0.05) is 54.3 Å². The summed E-state index contributed by atoms with van der Waals surface area (Å²) in [4.78, 5) is 14.3. The minimum absolute atomic E-state index is 0. The minimum Gasteiger partial charge on any atom is -0.872 e. The molecule has 0 atom stereocenters. The van der Waals surface area contributed by atoms with E-state index in [0.717, 1.165) is 17.3 Å². The summed E-state index contributed by atoms with van der Waals surface area (Å²) >= 11 is 0. The van der Waals surface area contributed by atoms with Gasteiger partial charge < -0.3 is 19.5 Å². The molecule has 0 spiro atoms. The van der Waals surface area contributed by atoms with E-state index in [9.17, 15) is 9.90 Å². The smallest absolute Gasteiger partial charge is 0.872 e. The Hall–Kier alpha value is -3.44. The minimum atomic E-state index is -1.13. The van der Waals surface area contributed by atoms with Crippen molar-refractivity contribution in [3.8, 4) is 5.75 Å². The van der Waals surface area contributed by atoms with Crippen molar-refractivity contribution in [1.82, 2.24) is 4.90 Å². The molecular formula is C33H37FeNO4. The van der Waals surface area contributed by atoms with Gasteiger partial charge in [-0.25, -0.2) is 16.9 Å². The zero-order chi connectivity index (χ0) is 27.7. The molecule has 206 valence electrons. The Morgan fingerprint density at radius 3 is 2.10 bits per heavy atom. The molecule has 0 fully saturated rings. The normalized spacial score (nSPS) is 12.4. The van der Waals surface area contributed by atoms with Gasteiger partial charge in [-0.05, 0) is 87.1 Å². The van der Waals surface area contributed by atoms with Crippen molar-refractivity contribution in [2.75, 3.05) is 20.6 Å². The third kappa shape index (κ3) is 9.67. The summed E-state index contributed by atoms with van der Waals surface area (Å²) in [6.07, 6.45) is 6.19. The molecule has 39 heavy (non-hydrogen) atoms. The van der Waals surface area contributed by atoms with Gasteiger partial charge >= 0.3 is 23.0 Å². The van der Waals surface area contributed by atoms with Crippen LogP contribution in [0.3, 0.4) is 0 Å². The molecule has 6 heteroatoms. The maximum absolute atomic E-state index is 12.9. The summed E-state index contributed by atoms with van der Waals surface area (Å²) in [6.45, 7) is 7.81. The summed E-state index contributed by atoms with van der Waals surface area (Å²) in [5, 5.41) is 14.6. The van der Waals surface area contributed by atoms with E-state index in [1.165, 1.54) is 5.57 Å². The van der Waals surface area contributed by atoms with Gasteiger partial charge in [-0.3, -0.25) is 0 Å². The topological polar surface area (TPSA) is 61.8 Å². The number of hydrogen-bond acceptors (Lipinski definition) is 5. The second kappa shape index (κ2) is 14.6. The molecule has 3 aromatic carbocycles. The predicted octanol–water partition coefficient (Wildman–Crippen LogP) is 3.92. The van der Waals surface area contributed by atoms with Crippen LogP contribution in [0.5, 0.6) is 5.75 Å². The van der Waals surface area contributed by atoms with Crippen LogP contribution in [0.2, 0.25) is 0 Å². The van der Waals surface area contributed by atoms with E-state index in [0.29, 0.717) is 16.5 Å². The molecule has 0 aromatic heterocycles. The van der Waals surface area contributed by atoms with Crippen molar-refractivity contribution in [3.05, 3.63) is 119 Å². The number of nitrogens with zero attached hydrogens (tertiary/aromatic N) is 1. The van der Waals surface area contributed by atoms with Crippen LogP contribution in [0.4, 0.5) is 0 Å². The van der Waals surface area contributed by atoms with Gasteiger partial charge in [0.2, 0.25) is 0 Å². The zero-order valence-corrected chi connectivity index (χ0v) is 24.6. The van der Waals surface area contributed by atoms with Crippen LogP contribution in [0.1, 0.15) is 33.3 Å². The monoisotopic (exact) mass is 567 g/mol. The van der Waals surface area contributed by atoms with Crippen LogP contribution >= 0.6 is 0 Å². The molecule has 0 heterocycles. The number of esters is 1. The van der Waals surface area contributed by atoms with Crippen molar-refractivity contribution in [1.29, 1.82) is 0 Å². The van der Waals surface area contributed by atoms with Gasteiger partial charge in [0.05, 0.1) is 6.10 Å². The molecule has 0 bridgehead atoms. The number of allylic oxidation sites excluding steroid dienone is 2. The maximum Gasteiger partial charge on any atom is 2.00 e. The largest absolute Gasteiger partial charge is 2.00 e. The van der Waals surface area contributed by atoms with E-state index >= 15 is 0 Å². The first kappa shape index (κ1) is 31.8. The van der Waals surface area contributed by atoms with E-state index in [4.69, 9.17) is 9.47 Å². The van der Waals surface area contributed by atoms with Crippen LogP contribution in [-0.4, -0.2) is 43.2 Å². The molecule has 3 aromatic rings. The van der Waals surface area contributed by atoms with Crippen LogP contribution in [-0.2, 0) is 26.6 Å². The Morgan fingerprint density at radius 2 is 1.59 bits per heavy atom. The van der Waals surface area contributed by atoms with Crippen LogP contribution < -0.4 is 20.3 Å². The van der Waals surface area contributed by atoms with Crippen LogP contribution in [0.25, 0.3) is 11.3 Å². The summed E-state index contributed by atoms with van der Waals surface area (Å²) in [5.74, 6) is -0.00359. The van der Waals surface area contributed by atoms with Crippen LogP contribution in [0, 0.1) is 0 Å². The molecule has 1 aliphatic carbocycles. The van der Waals surface area contributed by atoms with Gasteiger partial charge in [0.1, 0.15) is 5.75 Å². The van der Waals surface area contributed by atoms with Crippen LogP contribution in [0.15, 0.2) is 103 Å². The molecule has 4 rings (SSSR count). The fourth-order valence-corrected chi connectivity index (χ4v) is 3.80. The Morgan fingerprint density at radius 1 is 0.974 bits per heavy atom. The molecule has 0 aliphatic heterocycles. The van der Waals surface area contributed by atoms with Crippen molar-refractivity contribution in [2.45, 2.75) is 39.4 Å². The summed E-state index contributed by atoms with van der Waals surface area (Å²) in [7, 11) is 4.10. The Bertz CT molecular complexity index is 1340. The molecule has 1 aliphatic rings. The van der Waals surface area contributed by atoms with E-state index in [1.807, 2.05) is 68.7 Å². The Balaban J connectivity index is 0.000000797. The second-order valence-electron chi connectivity index (χ2n) is 10.2. The number of carbonyl (C=O) groups excluding carboxylic acids is 1. The van der Waals surface area contributed by atoms with Gasteiger partial charge in [0.25, 0.3) is 0 Å². The van der Waals surface area contributed by atoms with E-state index in [2.05, 4.69) is 23.1 Å². The quantitative estimate of drug-likeness (QED) is 0.246. The Kier molecular flexibility index (Phi) is 11.9. The first-order valence-corrected chi connectivity index (χ1v) is 12.8. The summed E-state index contributed by atoms with van der Waals surface area (Å²) < 4.78 is 11.1. The second-order valence-corrected chi connectivity index (χ2v) is 10.2. The number of carbonyl (C=O) groups is 1. The Labute approximate surface area is 242 Å².